The number of carbonyl (C=O) groups is 1. The van der Waals surface area contributed by atoms with Crippen LogP contribution in [0.15, 0.2) is 36.4 Å². The number of amides is 1. The highest BCUT2D eigenvalue weighted by Crippen LogP contribution is 2.36. The van der Waals surface area contributed by atoms with Gasteiger partial charge in [-0.1, -0.05) is 17.3 Å². The maximum absolute atomic E-state index is 13.4. The number of hydrogen-bond acceptors (Lipinski definition) is 4. The van der Waals surface area contributed by atoms with E-state index in [1.165, 1.54) is 10.7 Å². The predicted molar refractivity (Wildman–Crippen MR) is 92.2 cm³/mol. The first kappa shape index (κ1) is 15.2. The first-order valence-electron chi connectivity index (χ1n) is 8.61. The summed E-state index contributed by atoms with van der Waals surface area (Å²) < 4.78 is 14.9. The van der Waals surface area contributed by atoms with Crippen LogP contribution in [-0.4, -0.2) is 36.8 Å². The fraction of sp³-hybridized carbons (Fsp3) is 0.263. The second kappa shape index (κ2) is 5.45. The van der Waals surface area contributed by atoms with E-state index < -0.39 is 5.95 Å². The van der Waals surface area contributed by atoms with Gasteiger partial charge in [0.2, 0.25) is 5.95 Å². The van der Waals surface area contributed by atoms with Gasteiger partial charge in [0.25, 0.3) is 5.91 Å². The minimum Gasteiger partial charge on any atom is -0.331 e. The highest BCUT2D eigenvalue weighted by molar-refractivity contribution is 5.99. The summed E-state index contributed by atoms with van der Waals surface area (Å²) in [7, 11) is 0. The van der Waals surface area contributed by atoms with Gasteiger partial charge in [0.1, 0.15) is 5.69 Å². The molecule has 0 bridgehead atoms. The second-order valence-corrected chi connectivity index (χ2v) is 6.79. The predicted octanol–water partition coefficient (Wildman–Crippen LogP) is 2.90. The van der Waals surface area contributed by atoms with Crippen molar-refractivity contribution in [3.63, 3.8) is 0 Å². The van der Waals surface area contributed by atoms with Crippen LogP contribution >= 0.6 is 0 Å². The Labute approximate surface area is 149 Å². The number of benzene rings is 1. The van der Waals surface area contributed by atoms with Crippen LogP contribution in [-0.2, 0) is 6.54 Å². The van der Waals surface area contributed by atoms with E-state index in [-0.39, 0.29) is 5.91 Å². The number of hydrogen-bond donors (Lipinski definition) is 0. The average Bonchev–Trinajstić information content (AvgIpc) is 3.33. The van der Waals surface area contributed by atoms with Crippen molar-refractivity contribution in [2.45, 2.75) is 32.4 Å². The zero-order valence-corrected chi connectivity index (χ0v) is 14.2. The lowest BCUT2D eigenvalue weighted by molar-refractivity contribution is 0.0766. The molecule has 1 fully saturated rings. The lowest BCUT2D eigenvalue weighted by Gasteiger charge is -2.13. The molecule has 130 valence electrons. The molecule has 2 aromatic heterocycles. The fourth-order valence-electron chi connectivity index (χ4n) is 3.50. The first-order chi connectivity index (χ1) is 12.6. The van der Waals surface area contributed by atoms with Crippen LogP contribution in [0.4, 0.5) is 4.39 Å². The van der Waals surface area contributed by atoms with Gasteiger partial charge in [-0.2, -0.15) is 9.07 Å². The van der Waals surface area contributed by atoms with Gasteiger partial charge in [0, 0.05) is 23.7 Å². The average molecular weight is 349 g/mol. The molecule has 3 aromatic rings. The summed E-state index contributed by atoms with van der Waals surface area (Å²) in [5, 5.41) is 8.38. The molecule has 7 heteroatoms. The van der Waals surface area contributed by atoms with Crippen LogP contribution in [0.5, 0.6) is 0 Å². The summed E-state index contributed by atoms with van der Waals surface area (Å²) in [6, 6.07) is 10.7. The molecule has 1 aliphatic heterocycles. The summed E-state index contributed by atoms with van der Waals surface area (Å²) in [5.74, 6) is -0.0500. The minimum atomic E-state index is -0.560. The molecule has 1 amide bonds. The number of rotatable bonds is 3. The molecule has 0 atom stereocenters. The molecule has 1 aromatic carbocycles. The molecule has 0 unspecified atom stereocenters. The Kier molecular flexibility index (Phi) is 3.19. The lowest BCUT2D eigenvalue weighted by atomic mass is 10.0. The highest BCUT2D eigenvalue weighted by atomic mass is 19.1. The Hall–Kier alpha value is -3.09. The number of nitrogens with zero attached hydrogens (tertiary/aromatic N) is 5. The molecular weight excluding hydrogens is 333 g/mol. The topological polar surface area (TPSA) is 63.9 Å². The summed E-state index contributed by atoms with van der Waals surface area (Å²) in [6.07, 6.45) is 2.20. The van der Waals surface area contributed by atoms with E-state index in [2.05, 4.69) is 15.3 Å². The van der Waals surface area contributed by atoms with E-state index in [4.69, 9.17) is 0 Å². The fourth-order valence-corrected chi connectivity index (χ4v) is 3.50. The van der Waals surface area contributed by atoms with Crippen LogP contribution in [0, 0.1) is 12.9 Å². The van der Waals surface area contributed by atoms with Crippen molar-refractivity contribution in [3.05, 3.63) is 59.2 Å². The Morgan fingerprint density at radius 1 is 1.19 bits per heavy atom. The van der Waals surface area contributed by atoms with Gasteiger partial charge in [-0.3, -0.25) is 4.79 Å². The third-order valence-corrected chi connectivity index (χ3v) is 5.01. The van der Waals surface area contributed by atoms with Gasteiger partial charge in [-0.15, -0.1) is 5.10 Å². The Bertz CT molecular complexity index is 1040. The van der Waals surface area contributed by atoms with E-state index in [9.17, 15) is 9.18 Å². The molecule has 26 heavy (non-hydrogen) atoms. The van der Waals surface area contributed by atoms with Crippen LogP contribution < -0.4 is 0 Å². The molecule has 1 aliphatic carbocycles. The summed E-state index contributed by atoms with van der Waals surface area (Å²) in [4.78, 5) is 18.3. The Morgan fingerprint density at radius 2 is 2.04 bits per heavy atom. The highest BCUT2D eigenvalue weighted by Gasteiger charge is 2.38. The van der Waals surface area contributed by atoms with Crippen molar-refractivity contribution in [1.29, 1.82) is 0 Å². The molecule has 2 aliphatic rings. The Morgan fingerprint density at radius 3 is 2.81 bits per heavy atom. The molecule has 5 rings (SSSR count). The normalized spacial score (nSPS) is 16.2. The van der Waals surface area contributed by atoms with E-state index >= 15 is 0 Å². The Balaban J connectivity index is 1.52. The molecule has 0 radical (unpaired) electrons. The van der Waals surface area contributed by atoms with Crippen LogP contribution in [0.2, 0.25) is 0 Å². The molecule has 3 heterocycles. The third-order valence-electron chi connectivity index (χ3n) is 5.01. The van der Waals surface area contributed by atoms with Crippen molar-refractivity contribution in [1.82, 2.24) is 24.9 Å². The van der Waals surface area contributed by atoms with Crippen molar-refractivity contribution in [2.24, 2.45) is 0 Å². The number of aromatic nitrogens is 4. The number of carbonyl (C=O) groups excluding carboxylic acids is 1. The summed E-state index contributed by atoms with van der Waals surface area (Å²) in [6.45, 7) is 2.53. The number of pyridine rings is 1. The van der Waals surface area contributed by atoms with Crippen LogP contribution in [0.1, 0.15) is 34.5 Å². The maximum Gasteiger partial charge on any atom is 0.254 e. The van der Waals surface area contributed by atoms with E-state index in [1.54, 1.807) is 12.1 Å². The quantitative estimate of drug-likeness (QED) is 0.682. The standard InChI is InChI=1S/C19H16FN5O/c1-11-18(22-23-25(11)17-4-2-3-16(20)21-17)12-5-8-15-13(9-12)10-24(19(15)26)14-6-7-14/h2-5,8-9,14H,6-7,10H2,1H3. The number of fused-ring (bicyclic) bond motifs is 1. The molecule has 0 N–H and O–H groups in total. The minimum absolute atomic E-state index is 0.124. The largest absolute Gasteiger partial charge is 0.331 e. The lowest BCUT2D eigenvalue weighted by Crippen LogP contribution is -2.25. The van der Waals surface area contributed by atoms with Crippen molar-refractivity contribution in [2.75, 3.05) is 0 Å². The molecule has 6 nitrogen and oxygen atoms in total. The summed E-state index contributed by atoms with van der Waals surface area (Å²) in [5.41, 5.74) is 4.17. The van der Waals surface area contributed by atoms with Crippen LogP contribution in [0.3, 0.4) is 0 Å². The van der Waals surface area contributed by atoms with Crippen molar-refractivity contribution in [3.8, 4) is 17.1 Å². The molecular formula is C19H16FN5O. The molecule has 1 saturated carbocycles. The second-order valence-electron chi connectivity index (χ2n) is 6.79. The van der Waals surface area contributed by atoms with Gasteiger partial charge in [0.05, 0.1) is 5.69 Å². The van der Waals surface area contributed by atoms with Crippen molar-refractivity contribution >= 4 is 5.91 Å². The monoisotopic (exact) mass is 349 g/mol. The smallest absolute Gasteiger partial charge is 0.254 e. The zero-order chi connectivity index (χ0) is 17.8. The van der Waals surface area contributed by atoms with Crippen LogP contribution in [0.25, 0.3) is 17.1 Å². The van der Waals surface area contributed by atoms with Gasteiger partial charge in [-0.05, 0) is 49.6 Å². The van der Waals surface area contributed by atoms with Crippen molar-refractivity contribution < 1.29 is 9.18 Å². The molecule has 0 saturated heterocycles. The van der Waals surface area contributed by atoms with Gasteiger partial charge in [0.15, 0.2) is 5.82 Å². The van der Waals surface area contributed by atoms with Gasteiger partial charge < -0.3 is 4.90 Å². The number of halogens is 1. The summed E-state index contributed by atoms with van der Waals surface area (Å²) >= 11 is 0. The maximum atomic E-state index is 13.4. The van der Waals surface area contributed by atoms with Gasteiger partial charge in [-0.25, -0.2) is 4.98 Å². The molecule has 0 spiro atoms. The van der Waals surface area contributed by atoms with E-state index in [1.807, 2.05) is 30.0 Å². The van der Waals surface area contributed by atoms with E-state index in [0.717, 1.165) is 35.2 Å². The van der Waals surface area contributed by atoms with E-state index in [0.29, 0.717) is 24.1 Å². The third kappa shape index (κ3) is 2.31. The van der Waals surface area contributed by atoms with Gasteiger partial charge >= 0.3 is 0 Å². The first-order valence-corrected chi connectivity index (χ1v) is 8.61. The SMILES string of the molecule is Cc1c(-c2ccc3c(c2)CN(C2CC2)C3=O)nnn1-c1cccc(F)n1. The zero-order valence-electron chi connectivity index (χ0n) is 14.2.